The Balaban J connectivity index is 1.86. The van der Waals surface area contributed by atoms with Crippen molar-refractivity contribution in [3.63, 3.8) is 0 Å². The Morgan fingerprint density at radius 2 is 2.15 bits per heavy atom. The predicted molar refractivity (Wildman–Crippen MR) is 49.7 cm³/mol. The van der Waals surface area contributed by atoms with Gasteiger partial charge in [0.2, 0.25) is 0 Å². The zero-order chi connectivity index (χ0) is 9.15. The topological polar surface area (TPSA) is 18.5 Å². The zero-order valence-electron chi connectivity index (χ0n) is 7.75. The van der Waals surface area contributed by atoms with Crippen LogP contribution in [0.25, 0.3) is 0 Å². The molecule has 2 rings (SSSR count). The van der Waals surface area contributed by atoms with Crippen LogP contribution in [-0.4, -0.2) is 19.8 Å². The number of rotatable bonds is 3. The summed E-state index contributed by atoms with van der Waals surface area (Å²) in [7, 11) is 0. The van der Waals surface area contributed by atoms with E-state index in [4.69, 9.17) is 9.47 Å². The maximum absolute atomic E-state index is 5.61. The van der Waals surface area contributed by atoms with Gasteiger partial charge in [-0.25, -0.2) is 0 Å². The van der Waals surface area contributed by atoms with Gasteiger partial charge in [0.15, 0.2) is 0 Å². The molecule has 0 spiro atoms. The molecule has 69 valence electrons. The highest BCUT2D eigenvalue weighted by atomic mass is 16.5. The van der Waals surface area contributed by atoms with E-state index in [2.05, 4.69) is 13.0 Å². The number of hydrogen-bond donors (Lipinski definition) is 0. The summed E-state index contributed by atoms with van der Waals surface area (Å²) in [4.78, 5) is 0. The lowest BCUT2D eigenvalue weighted by molar-refractivity contribution is -0.120. The van der Waals surface area contributed by atoms with E-state index in [0.29, 0.717) is 0 Å². The molecule has 1 aliphatic heterocycles. The molecule has 0 N–H and O–H groups in total. The minimum absolute atomic E-state index is 0.222. The molecular weight excluding hydrogens is 164 g/mol. The minimum atomic E-state index is 0.222. The quantitative estimate of drug-likeness (QED) is 0.702. The first kappa shape index (κ1) is 8.57. The lowest BCUT2D eigenvalue weighted by atomic mass is 9.90. The standard InChI is InChI=1S/C11H13O2/c1-11(7-12-8-11)9-13-10-5-3-2-4-6-10/h3-6H,7-9H2,1H3. The Labute approximate surface area is 78.5 Å². The predicted octanol–water partition coefficient (Wildman–Crippen LogP) is 1.90. The summed E-state index contributed by atoms with van der Waals surface area (Å²) in [5, 5.41) is 0. The molecule has 0 unspecified atom stereocenters. The van der Waals surface area contributed by atoms with Crippen molar-refractivity contribution in [2.24, 2.45) is 5.41 Å². The van der Waals surface area contributed by atoms with Crippen molar-refractivity contribution in [1.29, 1.82) is 0 Å². The van der Waals surface area contributed by atoms with Crippen LogP contribution in [0.3, 0.4) is 0 Å². The van der Waals surface area contributed by atoms with E-state index in [-0.39, 0.29) is 5.41 Å². The Kier molecular flexibility index (Phi) is 2.23. The highest BCUT2D eigenvalue weighted by Crippen LogP contribution is 2.27. The van der Waals surface area contributed by atoms with Gasteiger partial charge in [-0.15, -0.1) is 0 Å². The van der Waals surface area contributed by atoms with Gasteiger partial charge in [0.05, 0.1) is 19.8 Å². The fourth-order valence-corrected chi connectivity index (χ4v) is 1.26. The third kappa shape index (κ3) is 2.01. The van der Waals surface area contributed by atoms with Gasteiger partial charge in [-0.3, -0.25) is 0 Å². The molecular formula is C11H13O2. The highest BCUT2D eigenvalue weighted by molar-refractivity contribution is 5.20. The van der Waals surface area contributed by atoms with E-state index < -0.39 is 0 Å². The first-order valence-electron chi connectivity index (χ1n) is 4.45. The molecule has 0 atom stereocenters. The van der Waals surface area contributed by atoms with Crippen molar-refractivity contribution in [3.8, 4) is 5.75 Å². The zero-order valence-corrected chi connectivity index (χ0v) is 7.75. The Morgan fingerprint density at radius 3 is 2.69 bits per heavy atom. The summed E-state index contributed by atoms with van der Waals surface area (Å²) in [5.74, 6) is 0.909. The lowest BCUT2D eigenvalue weighted by Gasteiger charge is -2.37. The molecule has 1 aromatic carbocycles. The summed E-state index contributed by atoms with van der Waals surface area (Å²) in [6, 6.07) is 10.5. The van der Waals surface area contributed by atoms with Crippen LogP contribution in [0.2, 0.25) is 0 Å². The van der Waals surface area contributed by atoms with Crippen LogP contribution in [0.5, 0.6) is 5.75 Å². The first-order chi connectivity index (χ1) is 6.29. The smallest absolute Gasteiger partial charge is 0.119 e. The minimum Gasteiger partial charge on any atom is -0.493 e. The lowest BCUT2D eigenvalue weighted by Crippen LogP contribution is -2.44. The van der Waals surface area contributed by atoms with Crippen molar-refractivity contribution in [2.45, 2.75) is 6.92 Å². The van der Waals surface area contributed by atoms with Crippen molar-refractivity contribution in [1.82, 2.24) is 0 Å². The molecule has 1 radical (unpaired) electrons. The van der Waals surface area contributed by atoms with Gasteiger partial charge >= 0.3 is 0 Å². The van der Waals surface area contributed by atoms with Crippen LogP contribution >= 0.6 is 0 Å². The van der Waals surface area contributed by atoms with Gasteiger partial charge in [0.1, 0.15) is 5.75 Å². The third-order valence-electron chi connectivity index (χ3n) is 2.18. The molecule has 0 saturated carbocycles. The van der Waals surface area contributed by atoms with E-state index in [9.17, 15) is 0 Å². The largest absolute Gasteiger partial charge is 0.493 e. The second kappa shape index (κ2) is 3.38. The highest BCUT2D eigenvalue weighted by Gasteiger charge is 2.34. The van der Waals surface area contributed by atoms with Crippen molar-refractivity contribution in [3.05, 3.63) is 30.3 Å². The van der Waals surface area contributed by atoms with Gasteiger partial charge in [-0.2, -0.15) is 0 Å². The first-order valence-corrected chi connectivity index (χ1v) is 4.45. The molecule has 1 aromatic rings. The van der Waals surface area contributed by atoms with Crippen molar-refractivity contribution >= 4 is 0 Å². The van der Waals surface area contributed by atoms with E-state index in [1.165, 1.54) is 0 Å². The van der Waals surface area contributed by atoms with E-state index in [0.717, 1.165) is 25.6 Å². The molecule has 1 saturated heterocycles. The molecule has 1 heterocycles. The monoisotopic (exact) mass is 177 g/mol. The van der Waals surface area contributed by atoms with Gasteiger partial charge in [-0.1, -0.05) is 19.1 Å². The molecule has 0 aliphatic carbocycles. The summed E-state index contributed by atoms with van der Waals surface area (Å²) < 4.78 is 10.8. The summed E-state index contributed by atoms with van der Waals surface area (Å²) in [6.45, 7) is 4.53. The van der Waals surface area contributed by atoms with Crippen LogP contribution in [0.4, 0.5) is 0 Å². The Hall–Kier alpha value is -1.02. The van der Waals surface area contributed by atoms with Crippen molar-refractivity contribution in [2.75, 3.05) is 19.8 Å². The second-order valence-electron chi connectivity index (χ2n) is 3.83. The van der Waals surface area contributed by atoms with Gasteiger partial charge in [0, 0.05) is 5.41 Å². The summed E-state index contributed by atoms with van der Waals surface area (Å²) in [5.41, 5.74) is 0.222. The number of benzene rings is 1. The van der Waals surface area contributed by atoms with Gasteiger partial charge in [-0.05, 0) is 18.2 Å². The fraction of sp³-hybridized carbons (Fsp3) is 0.455. The molecule has 13 heavy (non-hydrogen) atoms. The Bertz CT molecular complexity index is 265. The summed E-state index contributed by atoms with van der Waals surface area (Å²) in [6.07, 6.45) is 0. The van der Waals surface area contributed by atoms with Crippen LogP contribution in [-0.2, 0) is 4.74 Å². The molecule has 0 amide bonds. The Morgan fingerprint density at radius 1 is 1.46 bits per heavy atom. The average molecular weight is 177 g/mol. The average Bonchev–Trinajstić information content (AvgIpc) is 2.13. The number of hydrogen-bond acceptors (Lipinski definition) is 2. The van der Waals surface area contributed by atoms with E-state index in [1.807, 2.05) is 24.3 Å². The van der Waals surface area contributed by atoms with Crippen LogP contribution in [0.15, 0.2) is 24.3 Å². The second-order valence-corrected chi connectivity index (χ2v) is 3.83. The normalized spacial score (nSPS) is 19.2. The molecule has 1 aliphatic rings. The SMILES string of the molecule is CC1(COc2cc[c]cc2)COC1. The molecule has 2 nitrogen and oxygen atoms in total. The molecule has 0 bridgehead atoms. The maximum atomic E-state index is 5.61. The molecule has 0 aromatic heterocycles. The number of ether oxygens (including phenoxy) is 2. The third-order valence-corrected chi connectivity index (χ3v) is 2.18. The maximum Gasteiger partial charge on any atom is 0.119 e. The van der Waals surface area contributed by atoms with Crippen LogP contribution in [0, 0.1) is 11.5 Å². The van der Waals surface area contributed by atoms with Gasteiger partial charge < -0.3 is 9.47 Å². The van der Waals surface area contributed by atoms with E-state index in [1.54, 1.807) is 0 Å². The van der Waals surface area contributed by atoms with Crippen molar-refractivity contribution < 1.29 is 9.47 Å². The fourth-order valence-electron chi connectivity index (χ4n) is 1.26. The molecule has 2 heteroatoms. The van der Waals surface area contributed by atoms with E-state index >= 15 is 0 Å². The van der Waals surface area contributed by atoms with Crippen LogP contribution < -0.4 is 4.74 Å². The van der Waals surface area contributed by atoms with Crippen LogP contribution in [0.1, 0.15) is 6.92 Å². The summed E-state index contributed by atoms with van der Waals surface area (Å²) >= 11 is 0. The molecule has 1 fully saturated rings. The van der Waals surface area contributed by atoms with Gasteiger partial charge in [0.25, 0.3) is 0 Å².